The number of hydrogen-bond acceptors (Lipinski definition) is 6. The van der Waals surface area contributed by atoms with Crippen molar-refractivity contribution in [2.45, 2.75) is 38.3 Å². The lowest BCUT2D eigenvalue weighted by molar-refractivity contribution is 0.0900. The van der Waals surface area contributed by atoms with Crippen LogP contribution in [0.3, 0.4) is 0 Å². The maximum Gasteiger partial charge on any atom is 0.263 e. The van der Waals surface area contributed by atoms with Gasteiger partial charge in [0.2, 0.25) is 0 Å². The van der Waals surface area contributed by atoms with Crippen LogP contribution in [0.1, 0.15) is 34.8 Å². The molecule has 0 unspecified atom stereocenters. The first-order valence-electron chi connectivity index (χ1n) is 9.92. The number of nitrogens with two attached hydrogens (primary N) is 1. The molecule has 0 radical (unpaired) electrons. The van der Waals surface area contributed by atoms with E-state index in [2.05, 4.69) is 21.4 Å². The molecule has 7 nitrogen and oxygen atoms in total. The van der Waals surface area contributed by atoms with Crippen molar-refractivity contribution < 1.29 is 9.53 Å². The van der Waals surface area contributed by atoms with Gasteiger partial charge in [-0.25, -0.2) is 4.98 Å². The molecule has 1 saturated heterocycles. The number of nitrogen functional groups attached to an aromatic ring is 1. The van der Waals surface area contributed by atoms with Crippen LogP contribution in [0.25, 0.3) is 10.9 Å². The first-order valence-corrected chi connectivity index (χ1v) is 10.7. The van der Waals surface area contributed by atoms with Gasteiger partial charge in [-0.3, -0.25) is 4.79 Å². The van der Waals surface area contributed by atoms with Gasteiger partial charge >= 0.3 is 0 Å². The van der Waals surface area contributed by atoms with Crippen LogP contribution in [0.2, 0.25) is 0 Å². The number of hydrogen-bond donors (Lipinski definition) is 3. The molecule has 1 fully saturated rings. The third-order valence-electron chi connectivity index (χ3n) is 5.67. The van der Waals surface area contributed by atoms with Crippen LogP contribution in [0.4, 0.5) is 10.8 Å². The Bertz CT molecular complexity index is 1090. The van der Waals surface area contributed by atoms with Crippen LogP contribution in [-0.2, 0) is 17.6 Å². The molecular formula is C21H25N5O2S. The van der Waals surface area contributed by atoms with Crippen LogP contribution in [0.15, 0.2) is 24.4 Å². The van der Waals surface area contributed by atoms with Crippen molar-refractivity contribution in [3.63, 3.8) is 0 Å². The minimum Gasteiger partial charge on any atom is -0.399 e. The number of carbonyl (C=O) groups excluding carboxylic acids is 1. The summed E-state index contributed by atoms with van der Waals surface area (Å²) in [7, 11) is 0. The van der Waals surface area contributed by atoms with Crippen molar-refractivity contribution in [1.29, 1.82) is 0 Å². The summed E-state index contributed by atoms with van der Waals surface area (Å²) >= 11 is 1.49. The molecule has 4 heterocycles. The van der Waals surface area contributed by atoms with Crippen LogP contribution in [-0.4, -0.2) is 47.2 Å². The average molecular weight is 412 g/mol. The van der Waals surface area contributed by atoms with Crippen LogP contribution >= 0.6 is 11.3 Å². The van der Waals surface area contributed by atoms with Gasteiger partial charge < -0.3 is 25.7 Å². The molecule has 3 aromatic rings. The molecule has 29 heavy (non-hydrogen) atoms. The van der Waals surface area contributed by atoms with Crippen molar-refractivity contribution in [2.75, 3.05) is 30.4 Å². The Morgan fingerprint density at radius 1 is 1.41 bits per heavy atom. The van der Waals surface area contributed by atoms with E-state index in [-0.39, 0.29) is 17.5 Å². The van der Waals surface area contributed by atoms with Crippen molar-refractivity contribution in [3.8, 4) is 0 Å². The number of benzene rings is 1. The van der Waals surface area contributed by atoms with Crippen LogP contribution < -0.4 is 16.0 Å². The summed E-state index contributed by atoms with van der Waals surface area (Å²) in [6.07, 6.45) is 3.63. The summed E-state index contributed by atoms with van der Waals surface area (Å²) in [5, 5.41) is 5.13. The highest BCUT2D eigenvalue weighted by molar-refractivity contribution is 7.17. The van der Waals surface area contributed by atoms with Gasteiger partial charge in [0, 0.05) is 41.3 Å². The van der Waals surface area contributed by atoms with E-state index in [1.165, 1.54) is 16.9 Å². The number of anilines is 2. The zero-order chi connectivity index (χ0) is 20.2. The lowest BCUT2D eigenvalue weighted by Crippen LogP contribution is -2.48. The van der Waals surface area contributed by atoms with Gasteiger partial charge in [-0.1, -0.05) is 11.3 Å². The number of morpholine rings is 1. The fourth-order valence-corrected chi connectivity index (χ4v) is 5.36. The van der Waals surface area contributed by atoms with E-state index in [4.69, 9.17) is 15.5 Å². The standard InChI is InChI=1S/C21H25N5O2S/c1-21(2)9-17-18(19(27)25-21)29-20(24-17)26-5-6-28-11-14(26)7-12-10-23-16-4-3-13(22)8-15(12)16/h3-4,8,10,14,23H,5-7,9,11,22H2,1-2H3,(H,25,27)/t14-/m0/s1. The van der Waals surface area contributed by atoms with Crippen molar-refractivity contribution in [3.05, 3.63) is 40.5 Å². The number of carbonyl (C=O) groups is 1. The Hall–Kier alpha value is -2.58. The first kappa shape index (κ1) is 18.4. The predicted octanol–water partition coefficient (Wildman–Crippen LogP) is 2.72. The third kappa shape index (κ3) is 3.36. The van der Waals surface area contributed by atoms with Crippen molar-refractivity contribution in [1.82, 2.24) is 15.3 Å². The molecule has 0 bridgehead atoms. The van der Waals surface area contributed by atoms with E-state index in [9.17, 15) is 4.79 Å². The van der Waals surface area contributed by atoms with Crippen molar-refractivity contribution >= 4 is 39.0 Å². The van der Waals surface area contributed by atoms with Gasteiger partial charge in [-0.2, -0.15) is 0 Å². The number of aromatic amines is 1. The molecule has 8 heteroatoms. The Kier molecular flexibility index (Phi) is 4.29. The fraction of sp³-hybridized carbons (Fsp3) is 0.429. The molecule has 5 rings (SSSR count). The highest BCUT2D eigenvalue weighted by Crippen LogP contribution is 2.34. The predicted molar refractivity (Wildman–Crippen MR) is 116 cm³/mol. The van der Waals surface area contributed by atoms with E-state index in [0.717, 1.165) is 51.7 Å². The number of nitrogens with one attached hydrogen (secondary N) is 2. The van der Waals surface area contributed by atoms with E-state index in [0.29, 0.717) is 13.2 Å². The Labute approximate surface area is 173 Å². The lowest BCUT2D eigenvalue weighted by atomic mass is 9.94. The van der Waals surface area contributed by atoms with Gasteiger partial charge in [-0.05, 0) is 44.0 Å². The SMILES string of the molecule is CC1(C)Cc2nc(N3CCOC[C@@H]3Cc3c[nH]c4ccc(N)cc34)sc2C(=O)N1. The lowest BCUT2D eigenvalue weighted by Gasteiger charge is -2.35. The maximum absolute atomic E-state index is 12.5. The maximum atomic E-state index is 12.5. The monoisotopic (exact) mass is 411 g/mol. The molecule has 0 spiro atoms. The Balaban J connectivity index is 1.45. The number of ether oxygens (including phenoxy) is 1. The second-order valence-electron chi connectivity index (χ2n) is 8.53. The largest absolute Gasteiger partial charge is 0.399 e. The number of amides is 1. The molecule has 1 aromatic carbocycles. The number of rotatable bonds is 3. The van der Waals surface area contributed by atoms with E-state index in [1.807, 2.05) is 32.0 Å². The molecule has 152 valence electrons. The van der Waals surface area contributed by atoms with Gasteiger partial charge in [0.05, 0.1) is 24.9 Å². The van der Waals surface area contributed by atoms with Crippen LogP contribution in [0, 0.1) is 0 Å². The fourth-order valence-electron chi connectivity index (χ4n) is 4.28. The molecule has 4 N–H and O–H groups in total. The highest BCUT2D eigenvalue weighted by Gasteiger charge is 2.35. The topological polar surface area (TPSA) is 96.3 Å². The third-order valence-corrected chi connectivity index (χ3v) is 6.81. The molecule has 2 aromatic heterocycles. The second kappa shape index (κ2) is 6.74. The van der Waals surface area contributed by atoms with Gasteiger partial charge in [0.1, 0.15) is 4.88 Å². The van der Waals surface area contributed by atoms with Gasteiger partial charge in [0.15, 0.2) is 5.13 Å². The summed E-state index contributed by atoms with van der Waals surface area (Å²) in [4.78, 5) is 23.8. The average Bonchev–Trinajstić information content (AvgIpc) is 3.26. The summed E-state index contributed by atoms with van der Waals surface area (Å²) in [6.45, 7) is 6.14. The molecule has 0 saturated carbocycles. The minimum atomic E-state index is -0.260. The zero-order valence-electron chi connectivity index (χ0n) is 16.6. The van der Waals surface area contributed by atoms with Gasteiger partial charge in [0.25, 0.3) is 5.91 Å². The first-order chi connectivity index (χ1) is 13.9. The second-order valence-corrected chi connectivity index (χ2v) is 9.51. The summed E-state index contributed by atoms with van der Waals surface area (Å²) < 4.78 is 5.80. The number of aromatic nitrogens is 2. The number of fused-ring (bicyclic) bond motifs is 2. The Morgan fingerprint density at radius 3 is 3.14 bits per heavy atom. The van der Waals surface area contributed by atoms with E-state index >= 15 is 0 Å². The van der Waals surface area contributed by atoms with Crippen molar-refractivity contribution in [2.24, 2.45) is 0 Å². The highest BCUT2D eigenvalue weighted by atomic mass is 32.1. The summed E-state index contributed by atoms with van der Waals surface area (Å²) in [6, 6.07) is 6.10. The van der Waals surface area contributed by atoms with Gasteiger partial charge in [-0.15, -0.1) is 0 Å². The normalized spacial score (nSPS) is 21.2. The molecule has 0 aliphatic carbocycles. The number of nitrogens with zero attached hydrogens (tertiary/aromatic N) is 2. The number of thiazole rings is 1. The molecule has 2 aliphatic heterocycles. The number of H-pyrrole nitrogens is 1. The molecule has 1 atom stereocenters. The van der Waals surface area contributed by atoms with E-state index in [1.54, 1.807) is 0 Å². The zero-order valence-corrected chi connectivity index (χ0v) is 17.4. The minimum absolute atomic E-state index is 0.0167. The molecule has 2 aliphatic rings. The smallest absolute Gasteiger partial charge is 0.263 e. The summed E-state index contributed by atoms with van der Waals surface area (Å²) in [5.74, 6) is -0.0167. The van der Waals surface area contributed by atoms with E-state index < -0.39 is 0 Å². The quantitative estimate of drug-likeness (QED) is 0.576. The Morgan fingerprint density at radius 2 is 2.28 bits per heavy atom. The van der Waals surface area contributed by atoms with Crippen LogP contribution in [0.5, 0.6) is 0 Å². The molecular weight excluding hydrogens is 386 g/mol. The summed E-state index contributed by atoms with van der Waals surface area (Å²) in [5.41, 5.74) is 9.71. The molecule has 1 amide bonds.